The van der Waals surface area contributed by atoms with E-state index in [1.165, 1.54) is 76.5 Å². The van der Waals surface area contributed by atoms with Crippen LogP contribution in [0.3, 0.4) is 0 Å². The highest BCUT2D eigenvalue weighted by Crippen LogP contribution is 2.42. The second-order valence-electron chi connectivity index (χ2n) is 10.5. The van der Waals surface area contributed by atoms with E-state index >= 15 is 0 Å². The number of rotatable bonds is 3. The van der Waals surface area contributed by atoms with Gasteiger partial charge >= 0.3 is 0 Å². The van der Waals surface area contributed by atoms with Crippen LogP contribution >= 0.6 is 0 Å². The van der Waals surface area contributed by atoms with Gasteiger partial charge in [0.05, 0.1) is 0 Å². The molecule has 8 rings (SSSR count). The van der Waals surface area contributed by atoms with Crippen LogP contribution in [0, 0.1) is 0 Å². The van der Waals surface area contributed by atoms with Crippen molar-refractivity contribution in [3.8, 4) is 33.4 Å². The molecule has 8 aromatic rings. The fraction of sp³-hybridized carbons (Fsp3) is 0. The van der Waals surface area contributed by atoms with Crippen LogP contribution in [0.25, 0.3) is 76.5 Å². The Morgan fingerprint density at radius 1 is 0.250 bits per heavy atom. The molecule has 0 saturated heterocycles. The van der Waals surface area contributed by atoms with Crippen molar-refractivity contribution in [3.63, 3.8) is 0 Å². The van der Waals surface area contributed by atoms with E-state index in [0.29, 0.717) is 0 Å². The normalized spacial score (nSPS) is 11.5. The monoisotopic (exact) mass is 506 g/mol. The van der Waals surface area contributed by atoms with E-state index in [1.807, 2.05) is 0 Å². The third-order valence-electron chi connectivity index (χ3n) is 8.22. The summed E-state index contributed by atoms with van der Waals surface area (Å²) < 4.78 is 0. The molecule has 40 heavy (non-hydrogen) atoms. The summed E-state index contributed by atoms with van der Waals surface area (Å²) in [6.07, 6.45) is 0. The molecule has 0 atom stereocenters. The van der Waals surface area contributed by atoms with Gasteiger partial charge < -0.3 is 0 Å². The minimum absolute atomic E-state index is 1.23. The Kier molecular flexibility index (Phi) is 5.24. The van der Waals surface area contributed by atoms with Crippen molar-refractivity contribution in [3.05, 3.63) is 158 Å². The van der Waals surface area contributed by atoms with Gasteiger partial charge in [0, 0.05) is 0 Å². The lowest BCUT2D eigenvalue weighted by atomic mass is 9.87. The van der Waals surface area contributed by atoms with E-state index in [9.17, 15) is 0 Å². The Hall–Kier alpha value is -5.20. The summed E-state index contributed by atoms with van der Waals surface area (Å²) in [5, 5.41) is 10.2. The zero-order valence-electron chi connectivity index (χ0n) is 22.0. The molecule has 0 aliphatic heterocycles. The number of hydrogen-bond acceptors (Lipinski definition) is 0. The van der Waals surface area contributed by atoms with E-state index in [0.717, 1.165) is 0 Å². The predicted octanol–water partition coefficient (Wildman–Crippen LogP) is 11.3. The highest BCUT2D eigenvalue weighted by atomic mass is 14.2. The summed E-state index contributed by atoms with van der Waals surface area (Å²) in [7, 11) is 0. The van der Waals surface area contributed by atoms with Gasteiger partial charge in [-0.15, -0.1) is 0 Å². The van der Waals surface area contributed by atoms with E-state index in [-0.39, 0.29) is 0 Å². The minimum atomic E-state index is 1.23. The first-order valence-electron chi connectivity index (χ1n) is 13.9. The Morgan fingerprint density at radius 3 is 1.75 bits per heavy atom. The Balaban J connectivity index is 1.39. The van der Waals surface area contributed by atoms with Gasteiger partial charge in [-0.1, -0.05) is 140 Å². The first-order chi connectivity index (χ1) is 19.8. The standard InChI is InChI=1S/C40H26/c1-2-12-29-24-31(23-22-27(29)10-1)30-15-7-16-32(25-30)39-26-33-13-4-6-18-35(33)40-37(20-9-21-38(39)40)36-19-8-14-28-11-3-5-17-34(28)36/h1-26H. The summed E-state index contributed by atoms with van der Waals surface area (Å²) in [4.78, 5) is 0. The molecule has 0 fully saturated rings. The fourth-order valence-electron chi connectivity index (χ4n) is 6.31. The molecule has 0 aliphatic carbocycles. The first kappa shape index (κ1) is 22.8. The van der Waals surface area contributed by atoms with E-state index in [1.54, 1.807) is 0 Å². The summed E-state index contributed by atoms with van der Waals surface area (Å²) >= 11 is 0. The van der Waals surface area contributed by atoms with Crippen LogP contribution in [0.1, 0.15) is 0 Å². The molecule has 0 heterocycles. The molecule has 0 radical (unpaired) electrons. The molecule has 0 unspecified atom stereocenters. The maximum Gasteiger partial charge on any atom is -0.00204 e. The quantitative estimate of drug-likeness (QED) is 0.209. The highest BCUT2D eigenvalue weighted by Gasteiger charge is 2.15. The van der Waals surface area contributed by atoms with E-state index in [2.05, 4.69) is 158 Å². The lowest BCUT2D eigenvalue weighted by Crippen LogP contribution is -1.89. The van der Waals surface area contributed by atoms with Crippen LogP contribution in [0.2, 0.25) is 0 Å². The van der Waals surface area contributed by atoms with Crippen molar-refractivity contribution in [2.45, 2.75) is 0 Å². The van der Waals surface area contributed by atoms with Crippen molar-refractivity contribution in [2.24, 2.45) is 0 Å². The van der Waals surface area contributed by atoms with Crippen molar-refractivity contribution >= 4 is 43.1 Å². The molecule has 0 aliphatic rings. The molecule has 0 bridgehead atoms. The predicted molar refractivity (Wildman–Crippen MR) is 173 cm³/mol. The zero-order valence-corrected chi connectivity index (χ0v) is 22.0. The van der Waals surface area contributed by atoms with Crippen molar-refractivity contribution in [1.82, 2.24) is 0 Å². The van der Waals surface area contributed by atoms with Crippen LogP contribution in [-0.4, -0.2) is 0 Å². The van der Waals surface area contributed by atoms with Crippen LogP contribution in [0.5, 0.6) is 0 Å². The number of fused-ring (bicyclic) bond motifs is 5. The Labute approximate surface area is 233 Å². The topological polar surface area (TPSA) is 0 Å². The molecule has 0 N–H and O–H groups in total. The van der Waals surface area contributed by atoms with Gasteiger partial charge in [0.25, 0.3) is 0 Å². The van der Waals surface area contributed by atoms with E-state index < -0.39 is 0 Å². The van der Waals surface area contributed by atoms with Crippen molar-refractivity contribution in [1.29, 1.82) is 0 Å². The van der Waals surface area contributed by atoms with Crippen LogP contribution in [-0.2, 0) is 0 Å². The summed E-state index contributed by atoms with van der Waals surface area (Å²) in [6, 6.07) is 57.6. The van der Waals surface area contributed by atoms with Crippen molar-refractivity contribution in [2.75, 3.05) is 0 Å². The van der Waals surface area contributed by atoms with Crippen molar-refractivity contribution < 1.29 is 0 Å². The molecule has 0 saturated carbocycles. The summed E-state index contributed by atoms with van der Waals surface area (Å²) in [5.41, 5.74) is 7.51. The smallest absolute Gasteiger partial charge is 0.00204 e. The summed E-state index contributed by atoms with van der Waals surface area (Å²) in [6.45, 7) is 0. The average Bonchev–Trinajstić information content (AvgIpc) is 3.03. The largest absolute Gasteiger partial charge is 0.0616 e. The van der Waals surface area contributed by atoms with Gasteiger partial charge in [-0.05, 0) is 94.7 Å². The molecule has 0 heteroatoms. The van der Waals surface area contributed by atoms with Crippen LogP contribution in [0.4, 0.5) is 0 Å². The lowest BCUT2D eigenvalue weighted by molar-refractivity contribution is 1.62. The van der Waals surface area contributed by atoms with E-state index in [4.69, 9.17) is 0 Å². The fourth-order valence-corrected chi connectivity index (χ4v) is 6.31. The summed E-state index contributed by atoms with van der Waals surface area (Å²) in [5.74, 6) is 0. The second kappa shape index (κ2) is 9.22. The van der Waals surface area contributed by atoms with Crippen LogP contribution in [0.15, 0.2) is 158 Å². The molecule has 186 valence electrons. The third-order valence-corrected chi connectivity index (χ3v) is 8.22. The lowest BCUT2D eigenvalue weighted by Gasteiger charge is -2.16. The van der Waals surface area contributed by atoms with Gasteiger partial charge in [0.15, 0.2) is 0 Å². The Morgan fingerprint density at radius 2 is 0.850 bits per heavy atom. The molecular formula is C40H26. The van der Waals surface area contributed by atoms with Crippen LogP contribution < -0.4 is 0 Å². The van der Waals surface area contributed by atoms with Gasteiger partial charge in [-0.3, -0.25) is 0 Å². The zero-order chi connectivity index (χ0) is 26.5. The molecular weight excluding hydrogens is 480 g/mol. The molecule has 0 spiro atoms. The number of benzene rings is 8. The van der Waals surface area contributed by atoms with Gasteiger partial charge in [0.2, 0.25) is 0 Å². The van der Waals surface area contributed by atoms with Gasteiger partial charge in [-0.2, -0.15) is 0 Å². The third kappa shape index (κ3) is 3.69. The minimum Gasteiger partial charge on any atom is -0.0616 e. The van der Waals surface area contributed by atoms with Gasteiger partial charge in [-0.25, -0.2) is 0 Å². The Bertz CT molecular complexity index is 2210. The number of hydrogen-bond donors (Lipinski definition) is 0. The van der Waals surface area contributed by atoms with Gasteiger partial charge in [0.1, 0.15) is 0 Å². The second-order valence-corrected chi connectivity index (χ2v) is 10.5. The SMILES string of the molecule is c1cc(-c2ccc3ccccc3c2)cc(-c2cc3ccccc3c3c(-c4cccc5ccccc45)cccc23)c1. The molecule has 0 amide bonds. The highest BCUT2D eigenvalue weighted by molar-refractivity contribution is 6.20. The average molecular weight is 507 g/mol. The first-order valence-corrected chi connectivity index (χ1v) is 13.9. The maximum absolute atomic E-state index is 2.37. The molecule has 8 aromatic carbocycles. The maximum atomic E-state index is 2.37. The molecule has 0 aromatic heterocycles. The molecule has 0 nitrogen and oxygen atoms in total.